The first-order valence-corrected chi connectivity index (χ1v) is 5.64. The third kappa shape index (κ3) is 4.67. The van der Waals surface area contributed by atoms with Crippen LogP contribution in [0.15, 0.2) is 17.3 Å². The molecular formula is C11H14ClN3O3. The largest absolute Gasteiger partial charge is 0.414 e. The van der Waals surface area contributed by atoms with Crippen LogP contribution in [-0.2, 0) is 6.54 Å². The molecule has 0 aromatic carbocycles. The molecule has 1 N–H and O–H groups in total. The van der Waals surface area contributed by atoms with E-state index >= 15 is 0 Å². The molecule has 0 bridgehead atoms. The van der Waals surface area contributed by atoms with Crippen molar-refractivity contribution in [3.63, 3.8) is 0 Å². The topological polar surface area (TPSA) is 80.7 Å². The molecule has 0 aliphatic heterocycles. The predicted molar refractivity (Wildman–Crippen MR) is 67.7 cm³/mol. The molecule has 0 atom stereocenters. The normalized spacial score (nSPS) is 10.9. The van der Waals surface area contributed by atoms with Gasteiger partial charge in [0.1, 0.15) is 11.7 Å². The number of pyridine rings is 1. The zero-order valence-corrected chi connectivity index (χ0v) is 11.1. The predicted octanol–water partition coefficient (Wildman–Crippen LogP) is 2.89. The highest BCUT2D eigenvalue weighted by Crippen LogP contribution is 2.20. The zero-order valence-electron chi connectivity index (χ0n) is 10.4. The first kappa shape index (κ1) is 14.4. The molecule has 0 saturated carbocycles. The number of amides is 1. The molecule has 0 saturated heterocycles. The molecule has 1 heterocycles. The number of carbonyl (C=O) groups excluding carboxylic acids is 1. The third-order valence-electron chi connectivity index (χ3n) is 1.81. The van der Waals surface area contributed by atoms with Crippen LogP contribution in [0.2, 0.25) is 5.15 Å². The maximum Gasteiger partial charge on any atom is 0.414 e. The second-order valence-corrected chi connectivity index (χ2v) is 5.04. The Morgan fingerprint density at radius 1 is 1.50 bits per heavy atom. The van der Waals surface area contributed by atoms with E-state index in [1.54, 1.807) is 0 Å². The van der Waals surface area contributed by atoms with E-state index in [9.17, 15) is 9.70 Å². The standard InChI is InChI=1S/C11H14ClN3O3/c1-11(2,3)15-10(16)18-9-7(6-13-17)4-5-8(12)14-9/h4-5H,6H2,1-3H3,(H,15,16). The molecule has 1 rings (SSSR count). The molecule has 18 heavy (non-hydrogen) atoms. The van der Waals surface area contributed by atoms with Crippen LogP contribution in [0, 0.1) is 4.91 Å². The SMILES string of the molecule is CC(C)(C)NC(=O)Oc1nc(Cl)ccc1CN=O. The van der Waals surface area contributed by atoms with Gasteiger partial charge in [-0.25, -0.2) is 9.78 Å². The van der Waals surface area contributed by atoms with E-state index in [1.165, 1.54) is 12.1 Å². The summed E-state index contributed by atoms with van der Waals surface area (Å²) in [5.74, 6) is -0.0103. The first-order valence-electron chi connectivity index (χ1n) is 5.26. The van der Waals surface area contributed by atoms with Crippen LogP contribution in [0.1, 0.15) is 26.3 Å². The third-order valence-corrected chi connectivity index (χ3v) is 2.02. The van der Waals surface area contributed by atoms with Crippen LogP contribution >= 0.6 is 11.6 Å². The molecule has 0 aliphatic carbocycles. The van der Waals surface area contributed by atoms with Gasteiger partial charge in [0.2, 0.25) is 5.88 Å². The van der Waals surface area contributed by atoms with Crippen molar-refractivity contribution >= 4 is 17.7 Å². The van der Waals surface area contributed by atoms with Gasteiger partial charge in [0.05, 0.1) is 0 Å². The van der Waals surface area contributed by atoms with Gasteiger partial charge in [-0.1, -0.05) is 16.8 Å². The van der Waals surface area contributed by atoms with Crippen molar-refractivity contribution in [2.24, 2.45) is 5.18 Å². The van der Waals surface area contributed by atoms with E-state index < -0.39 is 11.6 Å². The molecule has 0 radical (unpaired) electrons. The van der Waals surface area contributed by atoms with Crippen molar-refractivity contribution < 1.29 is 9.53 Å². The lowest BCUT2D eigenvalue weighted by atomic mass is 10.1. The lowest BCUT2D eigenvalue weighted by Gasteiger charge is -2.19. The van der Waals surface area contributed by atoms with Crippen molar-refractivity contribution in [1.82, 2.24) is 10.3 Å². The van der Waals surface area contributed by atoms with Gasteiger partial charge in [-0.2, -0.15) is 4.91 Å². The quantitative estimate of drug-likeness (QED) is 0.677. The summed E-state index contributed by atoms with van der Waals surface area (Å²) in [5, 5.41) is 5.51. The molecule has 0 spiro atoms. The number of carbonyl (C=O) groups is 1. The van der Waals surface area contributed by atoms with Gasteiger partial charge in [-0.05, 0) is 32.9 Å². The van der Waals surface area contributed by atoms with E-state index in [0.717, 1.165) is 0 Å². The number of ether oxygens (including phenoxy) is 1. The zero-order chi connectivity index (χ0) is 13.8. The molecule has 6 nitrogen and oxygen atoms in total. The minimum absolute atomic E-state index is 0.0103. The Labute approximate surface area is 110 Å². The molecule has 7 heteroatoms. The Morgan fingerprint density at radius 2 is 2.17 bits per heavy atom. The van der Waals surface area contributed by atoms with Gasteiger partial charge >= 0.3 is 6.09 Å². The maximum atomic E-state index is 11.6. The van der Waals surface area contributed by atoms with Crippen LogP contribution in [0.4, 0.5) is 4.79 Å². The van der Waals surface area contributed by atoms with E-state index in [4.69, 9.17) is 16.3 Å². The number of hydrogen-bond donors (Lipinski definition) is 1. The van der Waals surface area contributed by atoms with Crippen molar-refractivity contribution in [1.29, 1.82) is 0 Å². The molecule has 1 aromatic rings. The van der Waals surface area contributed by atoms with Gasteiger partial charge in [-0.15, -0.1) is 0 Å². The summed E-state index contributed by atoms with van der Waals surface area (Å²) in [6.45, 7) is 5.30. The highest BCUT2D eigenvalue weighted by molar-refractivity contribution is 6.29. The fourth-order valence-corrected chi connectivity index (χ4v) is 1.28. The van der Waals surface area contributed by atoms with E-state index in [1.807, 2.05) is 20.8 Å². The lowest BCUT2D eigenvalue weighted by molar-refractivity contribution is 0.188. The number of nitroso groups, excluding NO2 is 1. The highest BCUT2D eigenvalue weighted by atomic mass is 35.5. The lowest BCUT2D eigenvalue weighted by Crippen LogP contribution is -2.42. The number of nitrogens with one attached hydrogen (secondary N) is 1. The average Bonchev–Trinajstić information content (AvgIpc) is 2.19. The van der Waals surface area contributed by atoms with Gasteiger partial charge in [0.25, 0.3) is 0 Å². The fraction of sp³-hybridized carbons (Fsp3) is 0.455. The minimum atomic E-state index is -0.663. The summed E-state index contributed by atoms with van der Waals surface area (Å²) in [7, 11) is 0. The average molecular weight is 272 g/mol. The summed E-state index contributed by atoms with van der Waals surface area (Å²) in [6, 6.07) is 3.03. The van der Waals surface area contributed by atoms with E-state index in [-0.39, 0.29) is 17.6 Å². The number of aromatic nitrogens is 1. The second kappa shape index (κ2) is 5.77. The van der Waals surface area contributed by atoms with Crippen LogP contribution in [0.25, 0.3) is 0 Å². The number of hydrogen-bond acceptors (Lipinski definition) is 5. The summed E-state index contributed by atoms with van der Waals surface area (Å²) in [5.41, 5.74) is -0.0305. The maximum absolute atomic E-state index is 11.6. The summed E-state index contributed by atoms with van der Waals surface area (Å²) >= 11 is 5.70. The fourth-order valence-electron chi connectivity index (χ4n) is 1.14. The highest BCUT2D eigenvalue weighted by Gasteiger charge is 2.17. The van der Waals surface area contributed by atoms with Crippen molar-refractivity contribution in [2.75, 3.05) is 0 Å². The Kier molecular flexibility index (Phi) is 4.61. The number of rotatable bonds is 3. The van der Waals surface area contributed by atoms with Crippen molar-refractivity contribution in [3.8, 4) is 5.88 Å². The molecule has 0 aliphatic rings. The smallest absolute Gasteiger partial charge is 0.391 e. The molecule has 0 fully saturated rings. The summed E-state index contributed by atoms with van der Waals surface area (Å²) < 4.78 is 5.01. The molecule has 0 unspecified atom stereocenters. The second-order valence-electron chi connectivity index (χ2n) is 4.65. The van der Waals surface area contributed by atoms with Gasteiger partial charge in [-0.3, -0.25) is 0 Å². The minimum Gasteiger partial charge on any atom is -0.391 e. The first-order chi connectivity index (χ1) is 8.31. The molecular weight excluding hydrogens is 258 g/mol. The summed E-state index contributed by atoms with van der Waals surface area (Å²) in [6.07, 6.45) is -0.663. The van der Waals surface area contributed by atoms with Crippen LogP contribution in [0.5, 0.6) is 5.88 Å². The van der Waals surface area contributed by atoms with Gasteiger partial charge in [0.15, 0.2) is 0 Å². The van der Waals surface area contributed by atoms with Crippen molar-refractivity contribution in [2.45, 2.75) is 32.9 Å². The monoisotopic (exact) mass is 271 g/mol. The van der Waals surface area contributed by atoms with Crippen LogP contribution in [0.3, 0.4) is 0 Å². The Bertz CT molecular complexity index is 457. The molecule has 98 valence electrons. The Morgan fingerprint density at radius 3 is 2.72 bits per heavy atom. The molecule has 1 amide bonds. The number of nitrogens with zero attached hydrogens (tertiary/aromatic N) is 2. The van der Waals surface area contributed by atoms with E-state index in [2.05, 4.69) is 15.5 Å². The van der Waals surface area contributed by atoms with E-state index in [0.29, 0.717) is 5.56 Å². The van der Waals surface area contributed by atoms with Crippen LogP contribution in [-0.4, -0.2) is 16.6 Å². The van der Waals surface area contributed by atoms with Crippen LogP contribution < -0.4 is 10.1 Å². The van der Waals surface area contributed by atoms with Crippen molar-refractivity contribution in [3.05, 3.63) is 27.8 Å². The Hall–Kier alpha value is -1.69. The van der Waals surface area contributed by atoms with Gasteiger partial charge < -0.3 is 10.1 Å². The van der Waals surface area contributed by atoms with Gasteiger partial charge in [0, 0.05) is 11.1 Å². The number of halogens is 1. The Balaban J connectivity index is 2.85. The summed E-state index contributed by atoms with van der Waals surface area (Å²) in [4.78, 5) is 25.7. The molecule has 1 aromatic heterocycles.